The second-order valence-corrected chi connectivity index (χ2v) is 2.55. The van der Waals surface area contributed by atoms with Gasteiger partial charge in [0.1, 0.15) is 0 Å². The Labute approximate surface area is 46.0 Å². The fraction of sp³-hybridized carbons (Fsp3) is 0.500. The summed E-state index contributed by atoms with van der Waals surface area (Å²) in [6.45, 7) is 2.13. The number of hydrogen-bond acceptors (Lipinski definition) is 0. The average molecular weight is 119 g/mol. The van der Waals surface area contributed by atoms with Crippen molar-refractivity contribution in [2.24, 2.45) is 0 Å². The molecular weight excluding hydrogens is 112 g/mol. The quantitative estimate of drug-likeness (QED) is 0.486. The summed E-state index contributed by atoms with van der Waals surface area (Å²) in [6, 6.07) is 1.21. The molecule has 0 aromatic carbocycles. The molecule has 0 heterocycles. The summed E-state index contributed by atoms with van der Waals surface area (Å²) in [7, 11) is 0.902. The minimum absolute atomic E-state index is 0.902. The number of halogens is 1. The molecule has 0 aromatic rings. The average Bonchev–Trinajstić information content (AvgIpc) is 1.61. The first-order chi connectivity index (χ1) is 2.91. The molecule has 0 aromatic heterocycles. The van der Waals surface area contributed by atoms with Gasteiger partial charge in [0.2, 0.25) is 0 Å². The third-order valence-corrected chi connectivity index (χ3v) is 1.53. The van der Waals surface area contributed by atoms with E-state index in [4.69, 9.17) is 11.6 Å². The van der Waals surface area contributed by atoms with E-state index in [2.05, 4.69) is 6.92 Å². The van der Waals surface area contributed by atoms with Crippen LogP contribution in [0.4, 0.5) is 0 Å². The van der Waals surface area contributed by atoms with Crippen LogP contribution in [-0.4, -0.2) is 9.52 Å². The van der Waals surface area contributed by atoms with Crippen LogP contribution in [0.3, 0.4) is 0 Å². The molecule has 2 heteroatoms. The first-order valence-electron chi connectivity index (χ1n) is 1.90. The Kier molecular flexibility index (Phi) is 5.46. The summed E-state index contributed by atoms with van der Waals surface area (Å²) < 4.78 is 0. The molecule has 0 aliphatic heterocycles. The maximum atomic E-state index is 5.21. The van der Waals surface area contributed by atoms with Gasteiger partial charge in [-0.2, -0.15) is 0 Å². The Bertz CT molecular complexity index is 42.8. The van der Waals surface area contributed by atoms with Crippen molar-refractivity contribution >= 4 is 21.1 Å². The lowest BCUT2D eigenvalue weighted by Crippen LogP contribution is -1.73. The van der Waals surface area contributed by atoms with Crippen LogP contribution in [0.2, 0.25) is 6.04 Å². The molecule has 0 saturated heterocycles. The predicted octanol–water partition coefficient (Wildman–Crippen LogP) is 1.84. The summed E-state index contributed by atoms with van der Waals surface area (Å²) in [5.74, 6) is 0. The van der Waals surface area contributed by atoms with Crippen molar-refractivity contribution in [1.82, 2.24) is 0 Å². The predicted molar refractivity (Wildman–Crippen MR) is 31.2 cm³/mol. The van der Waals surface area contributed by atoms with Crippen LogP contribution in [-0.2, 0) is 0 Å². The summed E-state index contributed by atoms with van der Waals surface area (Å²) in [5, 5.41) is 0. The van der Waals surface area contributed by atoms with Crippen LogP contribution in [0.1, 0.15) is 6.92 Å². The van der Waals surface area contributed by atoms with Gasteiger partial charge in [-0.1, -0.05) is 30.3 Å². The van der Waals surface area contributed by atoms with Gasteiger partial charge in [0, 0.05) is 0 Å². The van der Waals surface area contributed by atoms with E-state index in [0.717, 1.165) is 9.52 Å². The van der Waals surface area contributed by atoms with E-state index in [1.54, 1.807) is 5.54 Å². The van der Waals surface area contributed by atoms with Crippen LogP contribution < -0.4 is 0 Å². The largest absolute Gasteiger partial charge is 0.0937 e. The molecule has 0 spiro atoms. The minimum atomic E-state index is 0.902. The first-order valence-corrected chi connectivity index (χ1v) is 3.62. The zero-order valence-electron chi connectivity index (χ0n) is 3.74. The van der Waals surface area contributed by atoms with Gasteiger partial charge in [0.15, 0.2) is 0 Å². The highest BCUT2D eigenvalue weighted by atomic mass is 35.5. The van der Waals surface area contributed by atoms with Gasteiger partial charge in [0.05, 0.1) is 9.52 Å². The molecule has 0 N–H and O–H groups in total. The van der Waals surface area contributed by atoms with Gasteiger partial charge in [0.25, 0.3) is 0 Å². The Morgan fingerprint density at radius 1 is 1.83 bits per heavy atom. The summed E-state index contributed by atoms with van der Waals surface area (Å²) in [4.78, 5) is 0. The van der Waals surface area contributed by atoms with Crippen LogP contribution in [0, 0.1) is 0 Å². The second kappa shape index (κ2) is 5.25. The molecule has 0 bridgehead atoms. The Hall–Kier alpha value is 0.247. The van der Waals surface area contributed by atoms with Gasteiger partial charge in [-0.05, 0) is 5.54 Å². The third-order valence-electron chi connectivity index (χ3n) is 0.385. The lowest BCUT2D eigenvalue weighted by atomic mass is 11.0. The van der Waals surface area contributed by atoms with Crippen molar-refractivity contribution in [3.63, 3.8) is 0 Å². The van der Waals surface area contributed by atoms with E-state index in [-0.39, 0.29) is 0 Å². The topological polar surface area (TPSA) is 0 Å². The Morgan fingerprint density at radius 2 is 2.50 bits per heavy atom. The SMILES string of the molecule is CC[Si]C=CCl. The number of rotatable bonds is 2. The van der Waals surface area contributed by atoms with Crippen molar-refractivity contribution in [3.05, 3.63) is 11.2 Å². The molecule has 0 nitrogen and oxygen atoms in total. The maximum Gasteiger partial charge on any atom is 0.0712 e. The van der Waals surface area contributed by atoms with Crippen LogP contribution in [0.5, 0.6) is 0 Å². The standard InChI is InChI=1S/C4H7ClSi/c1-2-6-4-3-5/h3-4H,2H2,1H3. The molecule has 0 atom stereocenters. The lowest BCUT2D eigenvalue weighted by Gasteiger charge is -1.72. The second-order valence-electron chi connectivity index (χ2n) is 0.850. The molecular formula is C4H7ClSi. The van der Waals surface area contributed by atoms with E-state index >= 15 is 0 Å². The molecule has 34 valence electrons. The molecule has 0 aliphatic carbocycles. The van der Waals surface area contributed by atoms with Crippen LogP contribution in [0.15, 0.2) is 11.2 Å². The van der Waals surface area contributed by atoms with Crippen molar-refractivity contribution in [2.45, 2.75) is 13.0 Å². The van der Waals surface area contributed by atoms with Crippen molar-refractivity contribution < 1.29 is 0 Å². The van der Waals surface area contributed by atoms with Crippen molar-refractivity contribution in [2.75, 3.05) is 0 Å². The minimum Gasteiger partial charge on any atom is -0.0937 e. The monoisotopic (exact) mass is 118 g/mol. The Balaban J connectivity index is 2.66. The number of hydrogen-bond donors (Lipinski definition) is 0. The highest BCUT2D eigenvalue weighted by molar-refractivity contribution is 6.44. The molecule has 0 unspecified atom stereocenters. The zero-order chi connectivity index (χ0) is 4.83. The molecule has 0 fully saturated rings. The fourth-order valence-electron chi connectivity index (χ4n) is 0.162. The molecule has 0 amide bonds. The van der Waals surface area contributed by atoms with Gasteiger partial charge in [-0.3, -0.25) is 0 Å². The Morgan fingerprint density at radius 3 is 2.67 bits per heavy atom. The summed E-state index contributed by atoms with van der Waals surface area (Å²) >= 11 is 5.21. The van der Waals surface area contributed by atoms with Gasteiger partial charge in [-0.15, -0.1) is 0 Å². The fourth-order valence-corrected chi connectivity index (χ4v) is 0.754. The zero-order valence-corrected chi connectivity index (χ0v) is 5.50. The molecule has 0 saturated carbocycles. The first kappa shape index (κ1) is 6.25. The normalized spacial score (nSPS) is 10.3. The van der Waals surface area contributed by atoms with E-state index in [1.165, 1.54) is 6.04 Å². The van der Waals surface area contributed by atoms with Gasteiger partial charge < -0.3 is 0 Å². The lowest BCUT2D eigenvalue weighted by molar-refractivity contribution is 1.46. The summed E-state index contributed by atoms with van der Waals surface area (Å²) in [5.41, 5.74) is 3.55. The molecule has 6 heavy (non-hydrogen) atoms. The molecule has 2 radical (unpaired) electrons. The highest BCUT2D eigenvalue weighted by Crippen LogP contribution is 1.78. The third kappa shape index (κ3) is 4.25. The van der Waals surface area contributed by atoms with Crippen LogP contribution in [0.25, 0.3) is 0 Å². The van der Waals surface area contributed by atoms with E-state index in [9.17, 15) is 0 Å². The van der Waals surface area contributed by atoms with E-state index in [1.807, 2.05) is 5.70 Å². The van der Waals surface area contributed by atoms with Gasteiger partial charge >= 0.3 is 0 Å². The molecule has 0 rings (SSSR count). The van der Waals surface area contributed by atoms with Crippen molar-refractivity contribution in [3.8, 4) is 0 Å². The maximum absolute atomic E-state index is 5.21. The van der Waals surface area contributed by atoms with E-state index < -0.39 is 0 Å². The van der Waals surface area contributed by atoms with Crippen molar-refractivity contribution in [1.29, 1.82) is 0 Å². The van der Waals surface area contributed by atoms with Crippen LogP contribution >= 0.6 is 11.6 Å². The smallest absolute Gasteiger partial charge is 0.0712 e. The van der Waals surface area contributed by atoms with E-state index in [0.29, 0.717) is 0 Å². The van der Waals surface area contributed by atoms with Gasteiger partial charge in [-0.25, -0.2) is 0 Å². The summed E-state index contributed by atoms with van der Waals surface area (Å²) in [6.07, 6.45) is 0. The highest BCUT2D eigenvalue weighted by Gasteiger charge is 1.68. The molecule has 0 aliphatic rings.